The summed E-state index contributed by atoms with van der Waals surface area (Å²) in [6.07, 6.45) is 23.6. The molecule has 0 heterocycles. The zero-order valence-electron chi connectivity index (χ0n) is 30.4. The fraction of sp³-hybridized carbons (Fsp3) is 0.842. The van der Waals surface area contributed by atoms with E-state index in [2.05, 4.69) is 16.0 Å². The van der Waals surface area contributed by atoms with Gasteiger partial charge in [0, 0.05) is 44.7 Å². The maximum Gasteiger partial charge on any atom is 0.326 e. The Labute approximate surface area is 294 Å². The Morgan fingerprint density at radius 3 is 1.51 bits per heavy atom. The highest BCUT2D eigenvalue weighted by molar-refractivity contribution is 5.85. The minimum absolute atomic E-state index is 0.00428. The van der Waals surface area contributed by atoms with Crippen molar-refractivity contribution in [3.05, 3.63) is 0 Å². The third-order valence-corrected chi connectivity index (χ3v) is 9.65. The zero-order valence-corrected chi connectivity index (χ0v) is 30.4. The summed E-state index contributed by atoms with van der Waals surface area (Å²) in [5.41, 5.74) is 0. The number of aliphatic carboxylic acids is 2. The quantitative estimate of drug-likeness (QED) is 0.0489. The lowest BCUT2D eigenvalue weighted by Gasteiger charge is -2.28. The maximum atomic E-state index is 12.8. The van der Waals surface area contributed by atoms with Crippen LogP contribution in [0.2, 0.25) is 0 Å². The van der Waals surface area contributed by atoms with E-state index in [9.17, 15) is 33.9 Å². The summed E-state index contributed by atoms with van der Waals surface area (Å²) in [5.74, 6) is -2.25. The third-order valence-electron chi connectivity index (χ3n) is 9.65. The van der Waals surface area contributed by atoms with Gasteiger partial charge in [0.15, 0.2) is 0 Å². The van der Waals surface area contributed by atoms with Crippen LogP contribution in [0.5, 0.6) is 0 Å². The van der Waals surface area contributed by atoms with Crippen molar-refractivity contribution >= 4 is 35.4 Å². The van der Waals surface area contributed by atoms with Crippen molar-refractivity contribution in [1.29, 1.82) is 0 Å². The fourth-order valence-corrected chi connectivity index (χ4v) is 6.49. The molecule has 0 aromatic heterocycles. The Hall–Kier alpha value is -2.98. The van der Waals surface area contributed by atoms with Gasteiger partial charge in [-0.25, -0.2) is 4.79 Å². The number of hydrogen-bond donors (Lipinski definition) is 5. The molecule has 0 spiro atoms. The topological polar surface area (TPSA) is 179 Å². The second-order valence-corrected chi connectivity index (χ2v) is 14.2. The van der Waals surface area contributed by atoms with Crippen molar-refractivity contribution in [2.24, 2.45) is 11.8 Å². The van der Waals surface area contributed by atoms with Crippen LogP contribution in [0.4, 0.5) is 0 Å². The summed E-state index contributed by atoms with van der Waals surface area (Å²) < 4.78 is 0. The normalized spacial score (nSPS) is 16.4. The number of Topliss-reactive ketones (excluding diaryl/α,β-unsaturated/α-hetero) is 1. The van der Waals surface area contributed by atoms with Gasteiger partial charge >= 0.3 is 11.9 Å². The molecule has 0 aromatic carbocycles. The van der Waals surface area contributed by atoms with Crippen LogP contribution in [-0.2, 0) is 28.8 Å². The van der Waals surface area contributed by atoms with Gasteiger partial charge in [0.25, 0.3) is 0 Å². The first-order valence-corrected chi connectivity index (χ1v) is 19.4. The predicted octanol–water partition coefficient (Wildman–Crippen LogP) is 6.85. The third kappa shape index (κ3) is 25.6. The Bertz CT molecular complexity index is 965. The van der Waals surface area contributed by atoms with E-state index >= 15 is 0 Å². The average molecular weight is 694 g/mol. The van der Waals surface area contributed by atoms with Crippen molar-refractivity contribution in [2.45, 2.75) is 180 Å². The first kappa shape index (κ1) is 44.0. The minimum atomic E-state index is -1.16. The molecular formula is C38H67N3O8. The second kappa shape index (κ2) is 28.8. The number of carbonyl (C=O) groups is 6. The summed E-state index contributed by atoms with van der Waals surface area (Å²) >= 11 is 0. The molecule has 49 heavy (non-hydrogen) atoms. The molecule has 1 aliphatic carbocycles. The largest absolute Gasteiger partial charge is 0.481 e. The van der Waals surface area contributed by atoms with E-state index in [0.29, 0.717) is 57.5 Å². The van der Waals surface area contributed by atoms with Gasteiger partial charge in [-0.15, -0.1) is 0 Å². The minimum Gasteiger partial charge on any atom is -0.481 e. The van der Waals surface area contributed by atoms with Gasteiger partial charge in [-0.3, -0.25) is 19.2 Å². The molecule has 0 radical (unpaired) electrons. The van der Waals surface area contributed by atoms with Crippen LogP contribution in [0.3, 0.4) is 0 Å². The Balaban J connectivity index is 2.00. The molecule has 11 heteroatoms. The number of carboxylic acid groups (broad SMARTS) is 2. The molecule has 5 N–H and O–H groups in total. The number of unbranched alkanes of at least 4 members (excludes halogenated alkanes) is 15. The van der Waals surface area contributed by atoms with Crippen LogP contribution in [0.1, 0.15) is 174 Å². The Morgan fingerprint density at radius 1 is 0.571 bits per heavy atom. The molecule has 0 aliphatic heterocycles. The molecule has 1 atom stereocenters. The molecule has 0 bridgehead atoms. The molecule has 0 unspecified atom stereocenters. The first-order chi connectivity index (χ1) is 23.6. The SMILES string of the molecule is CC(=O)CCCNC(=O)CC[C@H](NC(=O)C1CCC(CNC(=O)CCCCCCCCCCCCCCCCCCC(=O)O)CC1)C(=O)O. The standard InChI is InChI=1S/C38H67N3O8/c1-30(42)19-18-28-39-35(44)27-26-33(38(48)49)41-37(47)32-24-22-31(23-25-32)29-40-34(43)20-16-14-12-10-8-6-4-2-3-5-7-9-11-13-15-17-21-36(45)46/h31-33H,2-29H2,1H3,(H,39,44)(H,40,43)(H,41,47)(H,45,46)(H,48,49)/t31?,32?,33-/m0/s1. The fourth-order valence-electron chi connectivity index (χ4n) is 6.49. The van der Waals surface area contributed by atoms with Crippen molar-refractivity contribution < 1.29 is 39.0 Å². The van der Waals surface area contributed by atoms with E-state index in [1.165, 1.54) is 77.6 Å². The van der Waals surface area contributed by atoms with E-state index in [1.807, 2.05) is 0 Å². The number of hydrogen-bond acceptors (Lipinski definition) is 6. The van der Waals surface area contributed by atoms with Gasteiger partial charge in [0.1, 0.15) is 11.8 Å². The number of carboxylic acids is 2. The molecule has 0 saturated heterocycles. The summed E-state index contributed by atoms with van der Waals surface area (Å²) in [4.78, 5) is 70.3. The van der Waals surface area contributed by atoms with Crippen LogP contribution >= 0.6 is 0 Å². The number of nitrogens with one attached hydrogen (secondary N) is 3. The highest BCUT2D eigenvalue weighted by Crippen LogP contribution is 2.29. The Kier molecular flexibility index (Phi) is 25.9. The van der Waals surface area contributed by atoms with Gasteiger partial charge in [0.2, 0.25) is 17.7 Å². The second-order valence-electron chi connectivity index (χ2n) is 14.2. The molecule has 1 fully saturated rings. The highest BCUT2D eigenvalue weighted by Gasteiger charge is 2.29. The summed E-state index contributed by atoms with van der Waals surface area (Å²) in [6, 6.07) is -1.13. The van der Waals surface area contributed by atoms with Crippen LogP contribution in [-0.4, -0.2) is 64.8 Å². The van der Waals surface area contributed by atoms with Crippen LogP contribution in [0.25, 0.3) is 0 Å². The van der Waals surface area contributed by atoms with Gasteiger partial charge in [-0.1, -0.05) is 89.9 Å². The highest BCUT2D eigenvalue weighted by atomic mass is 16.4. The van der Waals surface area contributed by atoms with Gasteiger partial charge in [-0.2, -0.15) is 0 Å². The van der Waals surface area contributed by atoms with Crippen molar-refractivity contribution in [2.75, 3.05) is 13.1 Å². The van der Waals surface area contributed by atoms with Crippen molar-refractivity contribution in [1.82, 2.24) is 16.0 Å². The molecule has 3 amide bonds. The number of amides is 3. The summed E-state index contributed by atoms with van der Waals surface area (Å²) in [5, 5.41) is 26.5. The Morgan fingerprint density at radius 2 is 1.04 bits per heavy atom. The molecular weight excluding hydrogens is 626 g/mol. The van der Waals surface area contributed by atoms with E-state index in [0.717, 1.165) is 44.9 Å². The van der Waals surface area contributed by atoms with Crippen molar-refractivity contribution in [3.63, 3.8) is 0 Å². The van der Waals surface area contributed by atoms with E-state index in [1.54, 1.807) is 0 Å². The first-order valence-electron chi connectivity index (χ1n) is 19.4. The molecule has 11 nitrogen and oxygen atoms in total. The lowest BCUT2D eigenvalue weighted by Crippen LogP contribution is -2.45. The smallest absolute Gasteiger partial charge is 0.326 e. The van der Waals surface area contributed by atoms with Gasteiger partial charge < -0.3 is 31.0 Å². The zero-order chi connectivity index (χ0) is 36.1. The molecule has 282 valence electrons. The lowest BCUT2D eigenvalue weighted by molar-refractivity contribution is -0.143. The van der Waals surface area contributed by atoms with Gasteiger partial charge in [0.05, 0.1) is 0 Å². The van der Waals surface area contributed by atoms with E-state index in [4.69, 9.17) is 5.11 Å². The van der Waals surface area contributed by atoms with E-state index < -0.39 is 18.0 Å². The van der Waals surface area contributed by atoms with Gasteiger partial charge in [-0.05, 0) is 64.2 Å². The van der Waals surface area contributed by atoms with Crippen LogP contribution in [0, 0.1) is 11.8 Å². The molecule has 0 aromatic rings. The van der Waals surface area contributed by atoms with Crippen molar-refractivity contribution in [3.8, 4) is 0 Å². The van der Waals surface area contributed by atoms with E-state index in [-0.39, 0.29) is 42.3 Å². The van der Waals surface area contributed by atoms with Crippen LogP contribution < -0.4 is 16.0 Å². The predicted molar refractivity (Wildman–Crippen MR) is 191 cm³/mol. The number of ketones is 1. The molecule has 1 aliphatic rings. The summed E-state index contributed by atoms with van der Waals surface area (Å²) in [6.45, 7) is 2.46. The van der Waals surface area contributed by atoms with Crippen LogP contribution in [0.15, 0.2) is 0 Å². The lowest BCUT2D eigenvalue weighted by atomic mass is 9.81. The number of rotatable bonds is 31. The average Bonchev–Trinajstić information content (AvgIpc) is 3.06. The maximum absolute atomic E-state index is 12.8. The molecule has 1 rings (SSSR count). The molecule has 1 saturated carbocycles. The monoisotopic (exact) mass is 693 g/mol. The summed E-state index contributed by atoms with van der Waals surface area (Å²) in [7, 11) is 0. The number of carbonyl (C=O) groups excluding carboxylic acids is 4.